The van der Waals surface area contributed by atoms with E-state index in [9.17, 15) is 4.39 Å². The minimum absolute atomic E-state index is 0.277. The largest absolute Gasteiger partial charge is 0.497 e. The highest BCUT2D eigenvalue weighted by molar-refractivity contribution is 5.54. The number of halogens is 1. The van der Waals surface area contributed by atoms with Gasteiger partial charge in [-0.05, 0) is 30.7 Å². The number of hydrogen-bond donors (Lipinski definition) is 0. The lowest BCUT2D eigenvalue weighted by Crippen LogP contribution is -2.40. The van der Waals surface area contributed by atoms with Crippen molar-refractivity contribution < 1.29 is 18.4 Å². The van der Waals surface area contributed by atoms with E-state index >= 15 is 0 Å². The summed E-state index contributed by atoms with van der Waals surface area (Å²) in [6.07, 6.45) is 1.45. The summed E-state index contributed by atoms with van der Waals surface area (Å²) in [6, 6.07) is 7.32. The highest BCUT2D eigenvalue weighted by Gasteiger charge is 2.29. The second-order valence-corrected chi connectivity index (χ2v) is 6.30. The van der Waals surface area contributed by atoms with Gasteiger partial charge >= 0.3 is 0 Å². The van der Waals surface area contributed by atoms with Crippen LogP contribution in [0.15, 0.2) is 35.1 Å². The highest BCUT2D eigenvalue weighted by Crippen LogP contribution is 2.28. The van der Waals surface area contributed by atoms with E-state index in [0.29, 0.717) is 43.5 Å². The van der Waals surface area contributed by atoms with Gasteiger partial charge in [0.25, 0.3) is 5.89 Å². The smallest absolute Gasteiger partial charge is 0.258 e. The van der Waals surface area contributed by atoms with Crippen molar-refractivity contribution in [3.8, 4) is 17.2 Å². The molecule has 3 heterocycles. The van der Waals surface area contributed by atoms with Gasteiger partial charge < -0.3 is 18.9 Å². The van der Waals surface area contributed by atoms with Gasteiger partial charge in [-0.3, -0.25) is 0 Å². The maximum absolute atomic E-state index is 14.6. The molecule has 0 bridgehead atoms. The number of aryl methyl sites for hydroxylation is 1. The fourth-order valence-corrected chi connectivity index (χ4v) is 3.08. The van der Waals surface area contributed by atoms with Crippen LogP contribution in [-0.2, 0) is 11.2 Å². The molecule has 8 nitrogen and oxygen atoms in total. The van der Waals surface area contributed by atoms with E-state index in [1.165, 1.54) is 6.33 Å². The average molecular weight is 385 g/mol. The molecule has 0 saturated carbocycles. The van der Waals surface area contributed by atoms with Crippen LogP contribution in [0.25, 0.3) is 11.5 Å². The number of methoxy groups -OCH3 is 1. The number of hydrogen-bond acceptors (Lipinski definition) is 8. The third-order valence-electron chi connectivity index (χ3n) is 4.61. The molecule has 0 radical (unpaired) electrons. The number of anilines is 1. The molecule has 0 spiro atoms. The normalized spacial score (nSPS) is 17.0. The lowest BCUT2D eigenvalue weighted by Gasteiger charge is -2.32. The van der Waals surface area contributed by atoms with Gasteiger partial charge in [0.2, 0.25) is 5.82 Å². The molecule has 2 aromatic heterocycles. The summed E-state index contributed by atoms with van der Waals surface area (Å²) in [6.45, 7) is 3.16. The van der Waals surface area contributed by atoms with Crippen molar-refractivity contribution in [2.45, 2.75) is 19.4 Å². The summed E-state index contributed by atoms with van der Waals surface area (Å²) >= 11 is 0. The number of morpholine rings is 1. The zero-order valence-electron chi connectivity index (χ0n) is 15.6. The first-order chi connectivity index (χ1) is 13.7. The lowest BCUT2D eigenvalue weighted by atomic mass is 10.2. The minimum Gasteiger partial charge on any atom is -0.497 e. The van der Waals surface area contributed by atoms with E-state index in [2.05, 4.69) is 20.1 Å². The highest BCUT2D eigenvalue weighted by atomic mass is 19.1. The zero-order chi connectivity index (χ0) is 19.5. The number of rotatable bonds is 5. The van der Waals surface area contributed by atoms with Crippen LogP contribution in [-0.4, -0.2) is 46.9 Å². The van der Waals surface area contributed by atoms with Gasteiger partial charge in [-0.15, -0.1) is 0 Å². The van der Waals surface area contributed by atoms with E-state index in [1.807, 2.05) is 36.1 Å². The Labute approximate surface area is 161 Å². The van der Waals surface area contributed by atoms with Crippen molar-refractivity contribution in [1.82, 2.24) is 20.1 Å². The first kappa shape index (κ1) is 18.3. The molecule has 4 rings (SSSR count). The van der Waals surface area contributed by atoms with E-state index in [1.54, 1.807) is 7.11 Å². The Morgan fingerprint density at radius 2 is 2.07 bits per heavy atom. The second kappa shape index (κ2) is 7.89. The quantitative estimate of drug-likeness (QED) is 0.663. The average Bonchev–Trinajstić information content (AvgIpc) is 3.24. The van der Waals surface area contributed by atoms with Crippen LogP contribution in [0.2, 0.25) is 0 Å². The molecule has 3 aromatic rings. The summed E-state index contributed by atoms with van der Waals surface area (Å²) in [5.74, 6) is 1.44. The van der Waals surface area contributed by atoms with Crippen molar-refractivity contribution in [2.24, 2.45) is 0 Å². The maximum Gasteiger partial charge on any atom is 0.258 e. The van der Waals surface area contributed by atoms with Gasteiger partial charge in [0.05, 0.1) is 26.0 Å². The van der Waals surface area contributed by atoms with Gasteiger partial charge in [-0.1, -0.05) is 12.1 Å². The molecule has 0 amide bonds. The first-order valence-corrected chi connectivity index (χ1v) is 9.03. The summed E-state index contributed by atoms with van der Waals surface area (Å²) in [5.41, 5.74) is 1.18. The van der Waals surface area contributed by atoms with Crippen LogP contribution in [0, 0.1) is 5.82 Å². The number of ether oxygens (including phenoxy) is 2. The summed E-state index contributed by atoms with van der Waals surface area (Å²) < 4.78 is 30.9. The Morgan fingerprint density at radius 3 is 2.82 bits per heavy atom. The molecule has 1 aliphatic rings. The molecule has 28 heavy (non-hydrogen) atoms. The van der Waals surface area contributed by atoms with Crippen LogP contribution in [0.1, 0.15) is 24.5 Å². The minimum atomic E-state index is -0.441. The van der Waals surface area contributed by atoms with E-state index in [-0.39, 0.29) is 5.82 Å². The Morgan fingerprint density at radius 1 is 1.25 bits per heavy atom. The molecular weight excluding hydrogens is 365 g/mol. The Hall–Kier alpha value is -3.07. The van der Waals surface area contributed by atoms with E-state index < -0.39 is 11.9 Å². The monoisotopic (exact) mass is 385 g/mol. The third-order valence-corrected chi connectivity index (χ3v) is 4.61. The Balaban J connectivity index is 1.53. The van der Waals surface area contributed by atoms with E-state index in [0.717, 1.165) is 11.3 Å². The van der Waals surface area contributed by atoms with Crippen molar-refractivity contribution in [3.63, 3.8) is 0 Å². The SMILES string of the molecule is CCc1ncnc(N2CCO[C@H](c3noc(-c4ccc(OC)cc4)n3)C2)c1F. The number of benzene rings is 1. The van der Waals surface area contributed by atoms with Crippen LogP contribution in [0.5, 0.6) is 5.75 Å². The molecule has 146 valence electrons. The molecule has 1 aromatic carbocycles. The molecule has 1 aliphatic heterocycles. The first-order valence-electron chi connectivity index (χ1n) is 9.03. The van der Waals surface area contributed by atoms with Crippen molar-refractivity contribution >= 4 is 5.82 Å². The van der Waals surface area contributed by atoms with Crippen molar-refractivity contribution in [1.29, 1.82) is 0 Å². The second-order valence-electron chi connectivity index (χ2n) is 6.30. The van der Waals surface area contributed by atoms with Crippen LogP contribution in [0.3, 0.4) is 0 Å². The van der Waals surface area contributed by atoms with Gasteiger partial charge in [0.15, 0.2) is 11.6 Å². The van der Waals surface area contributed by atoms with E-state index in [4.69, 9.17) is 14.0 Å². The zero-order valence-corrected chi connectivity index (χ0v) is 15.6. The number of nitrogens with zero attached hydrogens (tertiary/aromatic N) is 5. The standard InChI is InChI=1S/C19H20FN5O3/c1-3-14-16(20)18(22-11-21-14)25-8-9-27-15(10-25)17-23-19(28-24-17)12-4-6-13(26-2)7-5-12/h4-7,11,15H,3,8-10H2,1-2H3/t15-/m0/s1. The topological polar surface area (TPSA) is 86.4 Å². The molecule has 0 unspecified atom stereocenters. The molecule has 1 saturated heterocycles. The van der Waals surface area contributed by atoms with Crippen molar-refractivity contribution in [2.75, 3.05) is 31.7 Å². The fourth-order valence-electron chi connectivity index (χ4n) is 3.08. The maximum atomic E-state index is 14.6. The Bertz CT molecular complexity index is 947. The molecule has 0 aliphatic carbocycles. The molecule has 1 atom stereocenters. The lowest BCUT2D eigenvalue weighted by molar-refractivity contribution is 0.0321. The molecule has 0 N–H and O–H groups in total. The van der Waals surface area contributed by atoms with Crippen molar-refractivity contribution in [3.05, 3.63) is 47.9 Å². The van der Waals surface area contributed by atoms with Crippen LogP contribution >= 0.6 is 0 Å². The summed E-state index contributed by atoms with van der Waals surface area (Å²) in [5, 5.41) is 4.05. The number of aromatic nitrogens is 4. The summed E-state index contributed by atoms with van der Waals surface area (Å²) in [4.78, 5) is 14.4. The van der Waals surface area contributed by atoms with Gasteiger partial charge in [-0.2, -0.15) is 4.98 Å². The molecule has 1 fully saturated rings. The summed E-state index contributed by atoms with van der Waals surface area (Å²) in [7, 11) is 1.61. The fraction of sp³-hybridized carbons (Fsp3) is 0.368. The third kappa shape index (κ3) is 3.53. The van der Waals surface area contributed by atoms with Gasteiger partial charge in [0, 0.05) is 12.1 Å². The predicted octanol–water partition coefficient (Wildman–Crippen LogP) is 2.81. The molecular formula is C19H20FN5O3. The Kier molecular flexibility index (Phi) is 5.16. The van der Waals surface area contributed by atoms with Gasteiger partial charge in [-0.25, -0.2) is 14.4 Å². The van der Waals surface area contributed by atoms with Crippen LogP contribution < -0.4 is 9.64 Å². The van der Waals surface area contributed by atoms with Gasteiger partial charge in [0.1, 0.15) is 18.2 Å². The molecule has 9 heteroatoms. The predicted molar refractivity (Wildman–Crippen MR) is 98.6 cm³/mol. The van der Waals surface area contributed by atoms with Crippen LogP contribution in [0.4, 0.5) is 10.2 Å².